The maximum atomic E-state index is 12.7. The third-order valence-corrected chi connectivity index (χ3v) is 5.52. The monoisotopic (exact) mass is 422 g/mol. The number of nitrogens with two attached hydrogens (primary N) is 1. The summed E-state index contributed by atoms with van der Waals surface area (Å²) in [5, 5.41) is 22.7. The van der Waals surface area contributed by atoms with Gasteiger partial charge in [0, 0.05) is 48.6 Å². The maximum Gasteiger partial charge on any atom is 0.415 e. The minimum Gasteiger partial charge on any atom is -0.403 e. The number of hydrogen-bond acceptors (Lipinski definition) is 5. The Balaban J connectivity index is 1.71. The van der Waals surface area contributed by atoms with Crippen molar-refractivity contribution in [2.75, 3.05) is 33.2 Å². The Kier molecular flexibility index (Phi) is 5.85. The van der Waals surface area contributed by atoms with Crippen LogP contribution in [0.25, 0.3) is 10.8 Å². The van der Waals surface area contributed by atoms with Gasteiger partial charge >= 0.3 is 17.5 Å². The van der Waals surface area contributed by atoms with Crippen molar-refractivity contribution >= 4 is 34.0 Å². The predicted molar refractivity (Wildman–Crippen MR) is 116 cm³/mol. The zero-order valence-electron chi connectivity index (χ0n) is 17.4. The number of benzene rings is 2. The third kappa shape index (κ3) is 4.22. The summed E-state index contributed by atoms with van der Waals surface area (Å²) in [6, 6.07) is 11.2. The van der Waals surface area contributed by atoms with Crippen LogP contribution >= 0.6 is 0 Å². The average Bonchev–Trinajstić information content (AvgIpc) is 2.78. The minimum absolute atomic E-state index is 0.191. The quantitative estimate of drug-likeness (QED) is 0.306. The van der Waals surface area contributed by atoms with Gasteiger partial charge in [0.25, 0.3) is 0 Å². The van der Waals surface area contributed by atoms with Crippen LogP contribution in [-0.4, -0.2) is 70.0 Å². The molecule has 0 atom stereocenters. The van der Waals surface area contributed by atoms with Crippen LogP contribution in [0.2, 0.25) is 0 Å². The molecular formula is C23H26N4O4+2. The Morgan fingerprint density at radius 2 is 1.84 bits per heavy atom. The molecule has 8 nitrogen and oxygen atoms in total. The van der Waals surface area contributed by atoms with Gasteiger partial charge in [-0.15, -0.1) is 0 Å². The average molecular weight is 422 g/mol. The first-order valence-corrected chi connectivity index (χ1v) is 10.1. The number of quaternary nitrogens is 1. The van der Waals surface area contributed by atoms with Crippen LogP contribution in [0.3, 0.4) is 0 Å². The van der Waals surface area contributed by atoms with E-state index in [0.717, 1.165) is 34.1 Å². The molecular weight excluding hydrogens is 396 g/mol. The third-order valence-electron chi connectivity index (χ3n) is 5.52. The lowest BCUT2D eigenvalue weighted by molar-refractivity contribution is -0.830. The first-order chi connectivity index (χ1) is 15.0. The fourth-order valence-corrected chi connectivity index (χ4v) is 3.69. The van der Waals surface area contributed by atoms with Gasteiger partial charge in [-0.1, -0.05) is 36.9 Å². The summed E-state index contributed by atoms with van der Waals surface area (Å²) in [5.74, 6) is 0.191. The molecule has 0 aromatic heterocycles. The molecule has 0 bridgehead atoms. The van der Waals surface area contributed by atoms with E-state index in [2.05, 4.69) is 11.5 Å². The zero-order chi connectivity index (χ0) is 22.0. The van der Waals surface area contributed by atoms with E-state index < -0.39 is 6.09 Å². The van der Waals surface area contributed by atoms with E-state index in [1.165, 1.54) is 0 Å². The normalized spacial score (nSPS) is 18.8. The molecule has 8 heteroatoms. The summed E-state index contributed by atoms with van der Waals surface area (Å²) >= 11 is 0. The number of piperazine rings is 1. The van der Waals surface area contributed by atoms with E-state index >= 15 is 0 Å². The SMILES string of the molecule is C=C1C=CC=C(OC(=O)N2CCN(C)CC2)/C1=[N+](\O)c1cc2ccccc2cc1[NH2+]O. The maximum absolute atomic E-state index is 12.7. The Morgan fingerprint density at radius 1 is 1.16 bits per heavy atom. The topological polar surface area (TPSA) is 92.9 Å². The Bertz CT molecular complexity index is 1130. The molecule has 1 aliphatic heterocycles. The molecule has 2 aliphatic rings. The van der Waals surface area contributed by atoms with Crippen molar-refractivity contribution in [2.24, 2.45) is 0 Å². The standard InChI is InChI=1S/C23H25N4O4/c1-16-6-5-9-21(31-23(28)26-12-10-25(2)11-13-26)22(16)27(30)20-15-18-8-4-3-7-17(18)14-19(20)24-29/h3-9,14-15,24,29-30H,1,10-13H2,2H3/q+1/p+1/b27-22-. The number of fused-ring (bicyclic) bond motifs is 1. The van der Waals surface area contributed by atoms with Gasteiger partial charge in [-0.3, -0.25) is 5.21 Å². The van der Waals surface area contributed by atoms with Crippen molar-refractivity contribution in [1.29, 1.82) is 0 Å². The molecule has 0 unspecified atom stereocenters. The van der Waals surface area contributed by atoms with Crippen molar-refractivity contribution in [2.45, 2.75) is 0 Å². The fourth-order valence-electron chi connectivity index (χ4n) is 3.69. The molecule has 2 aromatic rings. The number of amides is 1. The molecule has 0 radical (unpaired) electrons. The Labute approximate surface area is 180 Å². The van der Waals surface area contributed by atoms with Crippen LogP contribution in [0.5, 0.6) is 0 Å². The van der Waals surface area contributed by atoms with Crippen molar-refractivity contribution < 1.29 is 30.2 Å². The van der Waals surface area contributed by atoms with E-state index in [1.807, 2.05) is 31.3 Å². The van der Waals surface area contributed by atoms with Crippen molar-refractivity contribution in [1.82, 2.24) is 9.80 Å². The Hall–Kier alpha value is -3.46. The molecule has 0 spiro atoms. The molecule has 2 aromatic carbocycles. The number of likely N-dealkylation sites (N-methyl/N-ethyl adjacent to an activating group) is 1. The summed E-state index contributed by atoms with van der Waals surface area (Å²) in [7, 11) is 2.01. The number of rotatable bonds is 3. The molecule has 0 saturated carbocycles. The van der Waals surface area contributed by atoms with Gasteiger partial charge in [-0.2, -0.15) is 5.48 Å². The summed E-state index contributed by atoms with van der Waals surface area (Å²) in [6.07, 6.45) is 4.58. The number of hydrogen-bond donors (Lipinski definition) is 3. The van der Waals surface area contributed by atoms with Gasteiger partial charge in [-0.05, 0) is 30.0 Å². The first kappa shape index (κ1) is 20.8. The van der Waals surface area contributed by atoms with Crippen molar-refractivity contribution in [3.05, 3.63) is 72.5 Å². The number of carbonyl (C=O) groups excluding carboxylic acids is 1. The zero-order valence-corrected chi connectivity index (χ0v) is 17.4. The van der Waals surface area contributed by atoms with Gasteiger partial charge in [0.15, 0.2) is 0 Å². The van der Waals surface area contributed by atoms with Crippen LogP contribution in [0.4, 0.5) is 16.2 Å². The molecule has 160 valence electrons. The molecule has 1 aliphatic carbocycles. The van der Waals surface area contributed by atoms with E-state index in [1.54, 1.807) is 35.3 Å². The first-order valence-electron chi connectivity index (χ1n) is 10.1. The second-order valence-electron chi connectivity index (χ2n) is 7.62. The van der Waals surface area contributed by atoms with Crippen LogP contribution < -0.4 is 5.48 Å². The molecule has 1 amide bonds. The summed E-state index contributed by atoms with van der Waals surface area (Å²) in [4.78, 5) is 16.5. The molecule has 31 heavy (non-hydrogen) atoms. The van der Waals surface area contributed by atoms with Gasteiger partial charge in [0.05, 0.1) is 0 Å². The highest BCUT2D eigenvalue weighted by atomic mass is 16.6. The van der Waals surface area contributed by atoms with Crippen molar-refractivity contribution in [3.8, 4) is 0 Å². The lowest BCUT2D eigenvalue weighted by Crippen LogP contribution is -2.74. The summed E-state index contributed by atoms with van der Waals surface area (Å²) in [6.45, 7) is 6.69. The lowest BCUT2D eigenvalue weighted by Gasteiger charge is -2.31. The highest BCUT2D eigenvalue weighted by molar-refractivity contribution is 6.12. The fraction of sp³-hybridized carbons (Fsp3) is 0.217. The largest absolute Gasteiger partial charge is 0.415 e. The van der Waals surface area contributed by atoms with Gasteiger partial charge in [-0.25, -0.2) is 10.0 Å². The molecule has 1 fully saturated rings. The molecule has 1 saturated heterocycles. The number of allylic oxidation sites excluding steroid dienone is 4. The van der Waals surface area contributed by atoms with Crippen LogP contribution in [0.1, 0.15) is 0 Å². The van der Waals surface area contributed by atoms with Gasteiger partial charge < -0.3 is 14.5 Å². The second kappa shape index (κ2) is 8.73. The van der Waals surface area contributed by atoms with E-state index in [4.69, 9.17) is 4.74 Å². The van der Waals surface area contributed by atoms with Crippen LogP contribution in [0, 0.1) is 0 Å². The highest BCUT2D eigenvalue weighted by Gasteiger charge is 2.33. The highest BCUT2D eigenvalue weighted by Crippen LogP contribution is 2.29. The van der Waals surface area contributed by atoms with E-state index in [9.17, 15) is 15.2 Å². The van der Waals surface area contributed by atoms with E-state index in [0.29, 0.717) is 30.0 Å². The lowest BCUT2D eigenvalue weighted by atomic mass is 10.0. The van der Waals surface area contributed by atoms with Crippen LogP contribution in [0.15, 0.2) is 72.5 Å². The van der Waals surface area contributed by atoms with Crippen molar-refractivity contribution in [3.63, 3.8) is 0 Å². The molecule has 4 rings (SSSR count). The van der Waals surface area contributed by atoms with E-state index in [-0.39, 0.29) is 11.5 Å². The van der Waals surface area contributed by atoms with Gasteiger partial charge in [0.1, 0.15) is 0 Å². The number of ether oxygens (including phenoxy) is 1. The second-order valence-corrected chi connectivity index (χ2v) is 7.62. The molecule has 4 N–H and O–H groups in total. The number of carbonyl (C=O) groups is 1. The Morgan fingerprint density at radius 3 is 2.52 bits per heavy atom. The smallest absolute Gasteiger partial charge is 0.403 e. The number of nitrogens with zero attached hydrogens (tertiary/aromatic N) is 3. The predicted octanol–water partition coefficient (Wildman–Crippen LogP) is 2.29. The van der Waals surface area contributed by atoms with Crippen LogP contribution in [-0.2, 0) is 4.74 Å². The minimum atomic E-state index is -0.471. The molecule has 1 heterocycles. The summed E-state index contributed by atoms with van der Waals surface area (Å²) in [5.41, 5.74) is 2.41. The summed E-state index contributed by atoms with van der Waals surface area (Å²) < 4.78 is 6.56. The van der Waals surface area contributed by atoms with Gasteiger partial charge in [0.2, 0.25) is 11.4 Å².